The monoisotopic (exact) mass is 490 g/mol. The number of benzene rings is 1. The fraction of sp³-hybridized carbons (Fsp3) is 0.353. The molecule has 0 spiro atoms. The summed E-state index contributed by atoms with van der Waals surface area (Å²) in [4.78, 5) is 16.1. The van der Waals surface area contributed by atoms with E-state index in [1.165, 1.54) is 17.0 Å². The van der Waals surface area contributed by atoms with Crippen LogP contribution in [-0.2, 0) is 17.7 Å². The number of guanidine groups is 1. The molecule has 2 rings (SSSR count). The van der Waals surface area contributed by atoms with Crippen molar-refractivity contribution in [3.8, 4) is 0 Å². The van der Waals surface area contributed by atoms with Crippen LogP contribution in [0.25, 0.3) is 0 Å². The van der Waals surface area contributed by atoms with Crippen molar-refractivity contribution in [2.24, 2.45) is 4.99 Å². The SMILES string of the molecule is COCCNC(=NCc1ccc([N+](=O)[O-])cc1)NCCc1cccs1.I. The van der Waals surface area contributed by atoms with Gasteiger partial charge in [0.1, 0.15) is 0 Å². The van der Waals surface area contributed by atoms with E-state index in [9.17, 15) is 10.1 Å². The van der Waals surface area contributed by atoms with Crippen molar-refractivity contribution in [3.63, 3.8) is 0 Å². The number of rotatable bonds is 9. The minimum atomic E-state index is -0.406. The average molecular weight is 490 g/mol. The highest BCUT2D eigenvalue weighted by molar-refractivity contribution is 14.0. The molecule has 0 aliphatic carbocycles. The Morgan fingerprint density at radius 2 is 1.96 bits per heavy atom. The van der Waals surface area contributed by atoms with E-state index in [2.05, 4.69) is 27.1 Å². The Labute approximate surface area is 174 Å². The zero-order valence-electron chi connectivity index (χ0n) is 14.5. The summed E-state index contributed by atoms with van der Waals surface area (Å²) in [5.74, 6) is 0.701. The number of thiophene rings is 1. The first kappa shape index (κ1) is 22.3. The van der Waals surface area contributed by atoms with Crippen LogP contribution >= 0.6 is 35.3 Å². The van der Waals surface area contributed by atoms with Gasteiger partial charge < -0.3 is 15.4 Å². The molecule has 0 bridgehead atoms. The number of nitro benzene ring substituents is 1. The highest BCUT2D eigenvalue weighted by Gasteiger charge is 2.04. The molecule has 0 saturated carbocycles. The molecule has 2 N–H and O–H groups in total. The second-order valence-electron chi connectivity index (χ2n) is 5.26. The zero-order valence-corrected chi connectivity index (χ0v) is 17.7. The fourth-order valence-electron chi connectivity index (χ4n) is 2.10. The number of hydrogen-bond acceptors (Lipinski definition) is 5. The van der Waals surface area contributed by atoms with Gasteiger partial charge in [0, 0.05) is 37.2 Å². The third-order valence-corrected chi connectivity index (χ3v) is 4.35. The molecule has 142 valence electrons. The van der Waals surface area contributed by atoms with Crippen molar-refractivity contribution in [1.82, 2.24) is 10.6 Å². The van der Waals surface area contributed by atoms with Crippen LogP contribution in [0.3, 0.4) is 0 Å². The molecule has 9 heteroatoms. The van der Waals surface area contributed by atoms with Crippen molar-refractivity contribution >= 4 is 47.0 Å². The molecule has 1 aromatic heterocycles. The van der Waals surface area contributed by atoms with E-state index in [1.54, 1.807) is 30.6 Å². The van der Waals surface area contributed by atoms with Crippen LogP contribution in [0.4, 0.5) is 5.69 Å². The molecule has 0 fully saturated rings. The number of nitrogens with one attached hydrogen (secondary N) is 2. The van der Waals surface area contributed by atoms with Crippen molar-refractivity contribution in [2.75, 3.05) is 26.8 Å². The van der Waals surface area contributed by atoms with Crippen LogP contribution in [0, 0.1) is 10.1 Å². The Kier molecular flexibility index (Phi) is 10.8. The predicted molar refractivity (Wildman–Crippen MR) is 116 cm³/mol. The Balaban J connectivity index is 0.00000338. The number of aliphatic imine (C=N–C) groups is 1. The second kappa shape index (κ2) is 12.6. The lowest BCUT2D eigenvalue weighted by Crippen LogP contribution is -2.39. The Bertz CT molecular complexity index is 678. The Morgan fingerprint density at radius 3 is 2.58 bits per heavy atom. The van der Waals surface area contributed by atoms with Gasteiger partial charge in [-0.1, -0.05) is 18.2 Å². The number of ether oxygens (including phenoxy) is 1. The smallest absolute Gasteiger partial charge is 0.269 e. The van der Waals surface area contributed by atoms with Gasteiger partial charge in [-0.25, -0.2) is 4.99 Å². The highest BCUT2D eigenvalue weighted by Crippen LogP contribution is 2.12. The number of hydrogen-bond donors (Lipinski definition) is 2. The van der Waals surface area contributed by atoms with Gasteiger partial charge in [-0.05, 0) is 23.4 Å². The van der Waals surface area contributed by atoms with Gasteiger partial charge in [-0.15, -0.1) is 35.3 Å². The molecular formula is C17H23IN4O3S. The van der Waals surface area contributed by atoms with E-state index in [0.29, 0.717) is 25.7 Å². The van der Waals surface area contributed by atoms with Gasteiger partial charge >= 0.3 is 0 Å². The Hall–Kier alpha value is -1.72. The lowest BCUT2D eigenvalue weighted by atomic mass is 10.2. The molecule has 2 aromatic rings. The largest absolute Gasteiger partial charge is 0.383 e. The fourth-order valence-corrected chi connectivity index (χ4v) is 2.81. The maximum Gasteiger partial charge on any atom is 0.269 e. The van der Waals surface area contributed by atoms with Gasteiger partial charge in [0.25, 0.3) is 5.69 Å². The van der Waals surface area contributed by atoms with Gasteiger partial charge in [0.05, 0.1) is 18.1 Å². The van der Waals surface area contributed by atoms with Crippen molar-refractivity contribution < 1.29 is 9.66 Å². The molecule has 0 atom stereocenters. The Morgan fingerprint density at radius 1 is 1.23 bits per heavy atom. The summed E-state index contributed by atoms with van der Waals surface area (Å²) >= 11 is 1.73. The molecule has 0 unspecified atom stereocenters. The number of nitrogens with zero attached hydrogens (tertiary/aromatic N) is 2. The molecule has 0 radical (unpaired) electrons. The lowest BCUT2D eigenvalue weighted by Gasteiger charge is -2.12. The van der Waals surface area contributed by atoms with E-state index in [4.69, 9.17) is 4.74 Å². The summed E-state index contributed by atoms with van der Waals surface area (Å²) in [6.45, 7) is 2.46. The number of halogens is 1. The normalized spacial score (nSPS) is 10.9. The molecular weight excluding hydrogens is 467 g/mol. The molecule has 0 amide bonds. The first-order chi connectivity index (χ1) is 12.2. The number of non-ortho nitro benzene ring substituents is 1. The topological polar surface area (TPSA) is 88.8 Å². The van der Waals surface area contributed by atoms with Crippen LogP contribution in [0.1, 0.15) is 10.4 Å². The maximum absolute atomic E-state index is 10.7. The molecule has 1 heterocycles. The molecule has 7 nitrogen and oxygen atoms in total. The van der Waals surface area contributed by atoms with Crippen LogP contribution in [0.2, 0.25) is 0 Å². The zero-order chi connectivity index (χ0) is 17.9. The minimum absolute atomic E-state index is 0. The third kappa shape index (κ3) is 8.11. The van der Waals surface area contributed by atoms with Crippen LogP contribution in [-0.4, -0.2) is 37.7 Å². The first-order valence-corrected chi connectivity index (χ1v) is 8.84. The summed E-state index contributed by atoms with van der Waals surface area (Å²) in [5, 5.41) is 19.3. The standard InChI is InChI=1S/C17H22N4O3S.HI/c1-24-11-10-19-17(18-9-8-16-3-2-12-25-16)20-13-14-4-6-15(7-5-14)21(22)23;/h2-7,12H,8-11,13H2,1H3,(H2,18,19,20);1H. The van der Waals surface area contributed by atoms with E-state index in [1.807, 2.05) is 6.07 Å². The summed E-state index contributed by atoms with van der Waals surface area (Å²) in [6, 6.07) is 10.6. The van der Waals surface area contributed by atoms with Crippen molar-refractivity contribution in [1.29, 1.82) is 0 Å². The third-order valence-electron chi connectivity index (χ3n) is 3.41. The van der Waals surface area contributed by atoms with Gasteiger partial charge in [0.2, 0.25) is 0 Å². The summed E-state index contributed by atoms with van der Waals surface area (Å²) < 4.78 is 5.05. The van der Waals surface area contributed by atoms with Crippen molar-refractivity contribution in [3.05, 3.63) is 62.3 Å². The molecule has 0 saturated heterocycles. The quantitative estimate of drug-likeness (QED) is 0.141. The van der Waals surface area contributed by atoms with E-state index >= 15 is 0 Å². The first-order valence-electron chi connectivity index (χ1n) is 7.96. The molecule has 26 heavy (non-hydrogen) atoms. The number of methoxy groups -OCH3 is 1. The lowest BCUT2D eigenvalue weighted by molar-refractivity contribution is -0.384. The van der Waals surface area contributed by atoms with Crippen LogP contribution in [0.15, 0.2) is 46.8 Å². The summed E-state index contributed by atoms with van der Waals surface area (Å²) in [5.41, 5.74) is 0.997. The van der Waals surface area contributed by atoms with Gasteiger partial charge in [-0.3, -0.25) is 10.1 Å². The van der Waals surface area contributed by atoms with E-state index < -0.39 is 4.92 Å². The predicted octanol–water partition coefficient (Wildman–Crippen LogP) is 3.20. The van der Waals surface area contributed by atoms with Crippen LogP contribution < -0.4 is 10.6 Å². The average Bonchev–Trinajstić information content (AvgIpc) is 3.13. The van der Waals surface area contributed by atoms with Crippen LogP contribution in [0.5, 0.6) is 0 Å². The molecule has 0 aliphatic heterocycles. The van der Waals surface area contributed by atoms with Gasteiger partial charge in [-0.2, -0.15) is 0 Å². The molecule has 0 aliphatic rings. The van der Waals surface area contributed by atoms with Gasteiger partial charge in [0.15, 0.2) is 5.96 Å². The second-order valence-corrected chi connectivity index (χ2v) is 6.30. The molecule has 1 aromatic carbocycles. The summed E-state index contributed by atoms with van der Waals surface area (Å²) in [6.07, 6.45) is 0.931. The summed E-state index contributed by atoms with van der Waals surface area (Å²) in [7, 11) is 1.65. The van der Waals surface area contributed by atoms with E-state index in [-0.39, 0.29) is 29.7 Å². The van der Waals surface area contributed by atoms with E-state index in [0.717, 1.165) is 18.5 Å². The number of nitro groups is 1. The highest BCUT2D eigenvalue weighted by atomic mass is 127. The van der Waals surface area contributed by atoms with Crippen molar-refractivity contribution in [2.45, 2.75) is 13.0 Å². The minimum Gasteiger partial charge on any atom is -0.383 e. The maximum atomic E-state index is 10.7.